The molecule has 0 amide bonds. The maximum absolute atomic E-state index is 5.46. The van der Waals surface area contributed by atoms with Crippen molar-refractivity contribution in [3.63, 3.8) is 0 Å². The fraction of sp³-hybridized carbons (Fsp3) is 1.00. The molecule has 0 atom stereocenters. The topological polar surface area (TPSA) is 21.7 Å². The zero-order chi connectivity index (χ0) is 17.5. The van der Waals surface area contributed by atoms with Crippen LogP contribution in [0, 0.1) is 0 Å². The standard InChI is InChI=1S/C18H41NO2Si2/c1-18(2,3)23(6,7)19(17-13-9-8-10-14-17)15-11-12-16-22(20-4)21-5/h17,22H,8-16H2,1-7H3. The van der Waals surface area contributed by atoms with Gasteiger partial charge in [-0.3, -0.25) is 0 Å². The van der Waals surface area contributed by atoms with Gasteiger partial charge in [-0.15, -0.1) is 0 Å². The molecule has 0 aromatic heterocycles. The average Bonchev–Trinajstić information content (AvgIpc) is 2.50. The van der Waals surface area contributed by atoms with Crippen LogP contribution in [0.15, 0.2) is 0 Å². The van der Waals surface area contributed by atoms with Gasteiger partial charge in [-0.05, 0) is 36.9 Å². The maximum atomic E-state index is 5.46. The van der Waals surface area contributed by atoms with Gasteiger partial charge in [0, 0.05) is 20.3 Å². The lowest BCUT2D eigenvalue weighted by atomic mass is 9.95. The van der Waals surface area contributed by atoms with Crippen molar-refractivity contribution in [1.29, 1.82) is 0 Å². The lowest BCUT2D eigenvalue weighted by Gasteiger charge is -2.50. The quantitative estimate of drug-likeness (QED) is 0.431. The molecular weight excluding hydrogens is 318 g/mol. The van der Waals surface area contributed by atoms with Crippen molar-refractivity contribution in [3.8, 4) is 0 Å². The molecule has 1 aliphatic rings. The molecule has 1 aliphatic carbocycles. The minimum absolute atomic E-state index is 0.431. The Morgan fingerprint density at radius 1 is 1.00 bits per heavy atom. The van der Waals surface area contributed by atoms with Crippen LogP contribution in [0.4, 0.5) is 0 Å². The van der Waals surface area contributed by atoms with Gasteiger partial charge in [-0.1, -0.05) is 59.5 Å². The van der Waals surface area contributed by atoms with Crippen LogP contribution in [0.2, 0.25) is 24.2 Å². The van der Waals surface area contributed by atoms with Crippen LogP contribution in [-0.2, 0) is 8.85 Å². The molecule has 5 heteroatoms. The predicted octanol–water partition coefficient (Wildman–Crippen LogP) is 4.92. The number of hydrogen-bond acceptors (Lipinski definition) is 3. The summed E-state index contributed by atoms with van der Waals surface area (Å²) < 4.78 is 13.9. The summed E-state index contributed by atoms with van der Waals surface area (Å²) in [6.07, 6.45) is 9.67. The first kappa shape index (κ1) is 21.4. The van der Waals surface area contributed by atoms with Crippen molar-refractivity contribution in [1.82, 2.24) is 4.57 Å². The van der Waals surface area contributed by atoms with E-state index in [9.17, 15) is 0 Å². The number of nitrogens with zero attached hydrogens (tertiary/aromatic N) is 1. The van der Waals surface area contributed by atoms with E-state index < -0.39 is 17.5 Å². The van der Waals surface area contributed by atoms with Crippen LogP contribution in [0.25, 0.3) is 0 Å². The minimum atomic E-state index is -1.43. The van der Waals surface area contributed by atoms with E-state index in [1.54, 1.807) is 14.2 Å². The first-order valence-electron chi connectivity index (χ1n) is 9.56. The van der Waals surface area contributed by atoms with Crippen LogP contribution in [0.1, 0.15) is 65.7 Å². The highest BCUT2D eigenvalue weighted by Gasteiger charge is 2.43. The summed E-state index contributed by atoms with van der Waals surface area (Å²) >= 11 is 0. The van der Waals surface area contributed by atoms with E-state index in [1.807, 2.05) is 0 Å². The van der Waals surface area contributed by atoms with E-state index in [-0.39, 0.29) is 0 Å². The summed E-state index contributed by atoms with van der Waals surface area (Å²) in [5.74, 6) is 0. The molecule has 1 saturated carbocycles. The Hall–Kier alpha value is 0.314. The van der Waals surface area contributed by atoms with Crippen molar-refractivity contribution in [3.05, 3.63) is 0 Å². The van der Waals surface area contributed by atoms with Crippen LogP contribution >= 0.6 is 0 Å². The van der Waals surface area contributed by atoms with E-state index in [0.717, 1.165) is 12.1 Å². The van der Waals surface area contributed by atoms with Crippen molar-refractivity contribution in [2.45, 2.75) is 95.9 Å². The molecule has 3 nitrogen and oxygen atoms in total. The van der Waals surface area contributed by atoms with Gasteiger partial charge in [-0.2, -0.15) is 0 Å². The highest BCUT2D eigenvalue weighted by atomic mass is 28.3. The number of hydrogen-bond donors (Lipinski definition) is 0. The van der Waals surface area contributed by atoms with Crippen molar-refractivity contribution in [2.24, 2.45) is 0 Å². The van der Waals surface area contributed by atoms with Gasteiger partial charge >= 0.3 is 9.28 Å². The Bertz CT molecular complexity index is 321. The second-order valence-corrected chi connectivity index (χ2v) is 16.3. The molecule has 138 valence electrons. The molecule has 1 fully saturated rings. The smallest absolute Gasteiger partial charge is 0.320 e. The van der Waals surface area contributed by atoms with Crippen LogP contribution in [0.5, 0.6) is 0 Å². The third kappa shape index (κ3) is 6.27. The summed E-state index contributed by atoms with van der Waals surface area (Å²) in [7, 11) is 0.787. The van der Waals surface area contributed by atoms with E-state index in [4.69, 9.17) is 8.85 Å². The molecule has 23 heavy (non-hydrogen) atoms. The molecule has 0 bridgehead atoms. The highest BCUT2D eigenvalue weighted by Crippen LogP contribution is 2.41. The second kappa shape index (κ2) is 9.71. The average molecular weight is 360 g/mol. The summed E-state index contributed by atoms with van der Waals surface area (Å²) in [6, 6.07) is 1.98. The molecular formula is C18H41NO2Si2. The molecule has 0 N–H and O–H groups in total. The molecule has 0 spiro atoms. The van der Waals surface area contributed by atoms with Crippen LogP contribution in [-0.4, -0.2) is 48.9 Å². The van der Waals surface area contributed by atoms with Gasteiger partial charge in [-0.25, -0.2) is 0 Å². The number of unbranched alkanes of at least 4 members (excludes halogenated alkanes) is 1. The van der Waals surface area contributed by atoms with Crippen LogP contribution < -0.4 is 0 Å². The fourth-order valence-electron chi connectivity index (χ4n) is 3.67. The van der Waals surface area contributed by atoms with Gasteiger partial charge in [0.2, 0.25) is 0 Å². The molecule has 0 aromatic carbocycles. The Morgan fingerprint density at radius 3 is 2.04 bits per heavy atom. The number of rotatable bonds is 9. The Kier molecular flexibility index (Phi) is 9.01. The molecule has 0 aromatic rings. The largest absolute Gasteiger partial charge is 0.400 e. The zero-order valence-corrected chi connectivity index (χ0v) is 18.9. The van der Waals surface area contributed by atoms with E-state index in [1.165, 1.54) is 51.5 Å². The van der Waals surface area contributed by atoms with Crippen molar-refractivity contribution in [2.75, 3.05) is 20.8 Å². The van der Waals surface area contributed by atoms with E-state index in [2.05, 4.69) is 38.4 Å². The van der Waals surface area contributed by atoms with Gasteiger partial charge < -0.3 is 13.4 Å². The minimum Gasteiger partial charge on any atom is -0.400 e. The Labute approximate surface area is 148 Å². The predicted molar refractivity (Wildman–Crippen MR) is 106 cm³/mol. The third-order valence-corrected chi connectivity index (χ3v) is 13.8. The summed E-state index contributed by atoms with van der Waals surface area (Å²) in [5.41, 5.74) is 0. The summed E-state index contributed by atoms with van der Waals surface area (Å²) in [6.45, 7) is 13.8. The zero-order valence-electron chi connectivity index (χ0n) is 16.8. The molecule has 0 saturated heterocycles. The Morgan fingerprint density at radius 2 is 1.57 bits per heavy atom. The molecule has 0 heterocycles. The van der Waals surface area contributed by atoms with Crippen molar-refractivity contribution >= 4 is 17.5 Å². The highest BCUT2D eigenvalue weighted by molar-refractivity contribution is 6.77. The first-order chi connectivity index (χ1) is 10.7. The van der Waals surface area contributed by atoms with E-state index in [0.29, 0.717) is 5.04 Å². The maximum Gasteiger partial charge on any atom is 0.320 e. The van der Waals surface area contributed by atoms with Gasteiger partial charge in [0.05, 0.1) is 0 Å². The monoisotopic (exact) mass is 359 g/mol. The molecule has 0 unspecified atom stereocenters. The fourth-order valence-corrected chi connectivity index (χ4v) is 7.70. The molecule has 0 radical (unpaired) electrons. The Balaban J connectivity index is 2.65. The summed E-state index contributed by atoms with van der Waals surface area (Å²) in [4.78, 5) is 0. The van der Waals surface area contributed by atoms with E-state index >= 15 is 0 Å². The normalized spacial score (nSPS) is 18.1. The third-order valence-electron chi connectivity index (χ3n) is 6.18. The first-order valence-corrected chi connectivity index (χ1v) is 14.3. The molecule has 1 rings (SSSR count). The SMILES string of the molecule is CO[SiH](CCCCN(C1CCCCC1)[Si](C)(C)C(C)(C)C)OC. The van der Waals surface area contributed by atoms with Gasteiger partial charge in [0.15, 0.2) is 0 Å². The van der Waals surface area contributed by atoms with Crippen LogP contribution in [0.3, 0.4) is 0 Å². The van der Waals surface area contributed by atoms with Gasteiger partial charge in [0.25, 0.3) is 0 Å². The summed E-state index contributed by atoms with van der Waals surface area (Å²) in [5, 5.41) is 0.431. The second-order valence-electron chi connectivity index (χ2n) is 8.69. The lowest BCUT2D eigenvalue weighted by molar-refractivity contribution is 0.233. The molecule has 0 aliphatic heterocycles. The van der Waals surface area contributed by atoms with Gasteiger partial charge in [0.1, 0.15) is 8.24 Å². The lowest BCUT2D eigenvalue weighted by Crippen LogP contribution is -2.59. The van der Waals surface area contributed by atoms with Crippen molar-refractivity contribution < 1.29 is 8.85 Å².